The molecule has 2 heterocycles. The van der Waals surface area contributed by atoms with Crippen molar-refractivity contribution in [3.63, 3.8) is 0 Å². The van der Waals surface area contributed by atoms with Crippen LogP contribution >= 0.6 is 0 Å². The van der Waals surface area contributed by atoms with Crippen molar-refractivity contribution in [3.05, 3.63) is 58.3 Å². The van der Waals surface area contributed by atoms with Gasteiger partial charge in [0.2, 0.25) is 11.8 Å². The zero-order valence-electron chi connectivity index (χ0n) is 18.0. The third kappa shape index (κ3) is 3.38. The molecule has 1 aliphatic heterocycles. The van der Waals surface area contributed by atoms with Crippen LogP contribution in [0.15, 0.2) is 47.2 Å². The minimum absolute atomic E-state index is 0.00466. The number of aryl methyl sites for hydroxylation is 1. The average Bonchev–Trinajstić information content (AvgIpc) is 3.03. The largest absolute Gasteiger partial charge is 0.444 e. The average molecular weight is 418 g/mol. The normalized spacial score (nSPS) is 20.5. The summed E-state index contributed by atoms with van der Waals surface area (Å²) in [5, 5.41) is 10.8. The van der Waals surface area contributed by atoms with Gasteiger partial charge in [-0.05, 0) is 23.0 Å². The highest BCUT2D eigenvalue weighted by atomic mass is 16.5. The second-order valence-electron chi connectivity index (χ2n) is 9.05. The summed E-state index contributed by atoms with van der Waals surface area (Å²) in [7, 11) is 0. The molecule has 0 saturated heterocycles. The zero-order valence-corrected chi connectivity index (χ0v) is 18.0. The van der Waals surface area contributed by atoms with Crippen molar-refractivity contribution in [1.82, 2.24) is 4.57 Å². The van der Waals surface area contributed by atoms with Gasteiger partial charge in [0.05, 0.1) is 11.4 Å². The monoisotopic (exact) mass is 418 g/mol. The molecule has 4 N–H and O–H groups in total. The van der Waals surface area contributed by atoms with Gasteiger partial charge in [-0.3, -0.25) is 9.59 Å². The zero-order chi connectivity index (χ0) is 22.5. The first kappa shape index (κ1) is 20.7. The van der Waals surface area contributed by atoms with Gasteiger partial charge in [-0.25, -0.2) is 0 Å². The Hall–Kier alpha value is -3.53. The first-order valence-corrected chi connectivity index (χ1v) is 10.4. The highest BCUT2D eigenvalue weighted by Crippen LogP contribution is 2.49. The van der Waals surface area contributed by atoms with Crippen LogP contribution in [0.5, 0.6) is 0 Å². The lowest BCUT2D eigenvalue weighted by atomic mass is 9.70. The number of aromatic nitrogens is 1. The number of carbonyl (C=O) groups is 2. The van der Waals surface area contributed by atoms with Crippen LogP contribution in [0.4, 0.5) is 0 Å². The first-order valence-electron chi connectivity index (χ1n) is 10.4. The lowest BCUT2D eigenvalue weighted by Crippen LogP contribution is -2.33. The van der Waals surface area contributed by atoms with E-state index >= 15 is 0 Å². The highest BCUT2D eigenvalue weighted by molar-refractivity contribution is 6.01. The molecule has 0 spiro atoms. The van der Waals surface area contributed by atoms with E-state index in [0.717, 1.165) is 28.5 Å². The Morgan fingerprint density at radius 3 is 2.74 bits per heavy atom. The van der Waals surface area contributed by atoms with E-state index in [0.29, 0.717) is 24.2 Å². The molecule has 1 aromatic carbocycles. The fourth-order valence-corrected chi connectivity index (χ4v) is 4.87. The standard InChI is InChI=1S/C24H26N4O3/c1-4-13-6-5-7-14-16(11-28(22(13)14)12-19(26)30)20-15(10-25)23(27)31-18-9-24(2,3)8-17(29)21(18)20/h5-7,11,20H,4,8-9,12,27H2,1-3H3,(H2,26,30). The van der Waals surface area contributed by atoms with E-state index in [-0.39, 0.29) is 29.2 Å². The van der Waals surface area contributed by atoms with E-state index in [2.05, 4.69) is 6.07 Å². The summed E-state index contributed by atoms with van der Waals surface area (Å²) in [4.78, 5) is 25.0. The lowest BCUT2D eigenvalue weighted by molar-refractivity contribution is -0.119. The van der Waals surface area contributed by atoms with Crippen LogP contribution in [0, 0.1) is 16.7 Å². The van der Waals surface area contributed by atoms with E-state index in [4.69, 9.17) is 16.2 Å². The van der Waals surface area contributed by atoms with Crippen molar-refractivity contribution in [2.45, 2.75) is 52.5 Å². The number of para-hydroxylation sites is 1. The quantitative estimate of drug-likeness (QED) is 0.789. The number of fused-ring (bicyclic) bond motifs is 1. The number of ketones is 1. The number of primary amides is 1. The summed E-state index contributed by atoms with van der Waals surface area (Å²) >= 11 is 0. The van der Waals surface area contributed by atoms with Crippen LogP contribution in [0.25, 0.3) is 10.9 Å². The Balaban J connectivity index is 2.02. The molecule has 1 atom stereocenters. The maximum Gasteiger partial charge on any atom is 0.237 e. The molecule has 1 unspecified atom stereocenters. The minimum atomic E-state index is -0.638. The molecule has 1 amide bonds. The van der Waals surface area contributed by atoms with Gasteiger partial charge in [0.25, 0.3) is 0 Å². The Labute approximate surface area is 180 Å². The summed E-state index contributed by atoms with van der Waals surface area (Å²) < 4.78 is 7.60. The second-order valence-corrected chi connectivity index (χ2v) is 9.05. The number of hydrogen-bond acceptors (Lipinski definition) is 5. The summed E-state index contributed by atoms with van der Waals surface area (Å²) in [5.41, 5.74) is 14.8. The molecular formula is C24H26N4O3. The molecular weight excluding hydrogens is 392 g/mol. The van der Waals surface area contributed by atoms with Gasteiger partial charge in [0, 0.05) is 30.0 Å². The SMILES string of the molecule is CCc1cccc2c(C3C(C#N)=C(N)OC4=C3C(=O)CC(C)(C)C4)cn(CC(N)=O)c12. The van der Waals surface area contributed by atoms with E-state index in [1.54, 1.807) is 0 Å². The second kappa shape index (κ2) is 7.31. The first-order chi connectivity index (χ1) is 14.7. The third-order valence-corrected chi connectivity index (χ3v) is 6.11. The van der Waals surface area contributed by atoms with Crippen molar-refractivity contribution < 1.29 is 14.3 Å². The Kier molecular flexibility index (Phi) is 4.89. The number of carbonyl (C=O) groups excluding carboxylic acids is 2. The molecule has 0 radical (unpaired) electrons. The Morgan fingerprint density at radius 2 is 2.10 bits per heavy atom. The van der Waals surface area contributed by atoms with Crippen LogP contribution in [-0.4, -0.2) is 16.3 Å². The predicted molar refractivity (Wildman–Crippen MR) is 116 cm³/mol. The number of benzene rings is 1. The molecule has 0 saturated carbocycles. The molecule has 0 fully saturated rings. The van der Waals surface area contributed by atoms with Gasteiger partial charge in [-0.1, -0.05) is 39.0 Å². The fraction of sp³-hybridized carbons (Fsp3) is 0.375. The minimum Gasteiger partial charge on any atom is -0.444 e. The molecule has 4 rings (SSSR count). The van der Waals surface area contributed by atoms with Crippen LogP contribution in [0.1, 0.15) is 50.7 Å². The number of allylic oxidation sites excluding steroid dienone is 3. The number of nitriles is 1. The third-order valence-electron chi connectivity index (χ3n) is 6.11. The van der Waals surface area contributed by atoms with E-state index in [9.17, 15) is 14.9 Å². The van der Waals surface area contributed by atoms with Crippen molar-refractivity contribution in [2.24, 2.45) is 16.9 Å². The number of Topliss-reactive ketones (excluding diaryl/α,β-unsaturated/α-hetero) is 1. The molecule has 0 bridgehead atoms. The van der Waals surface area contributed by atoms with Gasteiger partial charge < -0.3 is 20.8 Å². The number of nitrogens with zero attached hydrogens (tertiary/aromatic N) is 2. The number of hydrogen-bond donors (Lipinski definition) is 2. The van der Waals surface area contributed by atoms with Crippen LogP contribution in [0.2, 0.25) is 0 Å². The Morgan fingerprint density at radius 1 is 1.35 bits per heavy atom. The van der Waals surface area contributed by atoms with Crippen molar-refractivity contribution in [2.75, 3.05) is 0 Å². The van der Waals surface area contributed by atoms with Crippen molar-refractivity contribution >= 4 is 22.6 Å². The van der Waals surface area contributed by atoms with Crippen molar-refractivity contribution in [3.8, 4) is 6.07 Å². The molecule has 160 valence electrons. The van der Waals surface area contributed by atoms with Gasteiger partial charge in [0.15, 0.2) is 5.78 Å². The highest BCUT2D eigenvalue weighted by Gasteiger charge is 2.43. The maximum atomic E-state index is 13.2. The van der Waals surface area contributed by atoms with Crippen LogP contribution in [0.3, 0.4) is 0 Å². The van der Waals surface area contributed by atoms with Gasteiger partial charge in [-0.2, -0.15) is 5.26 Å². The van der Waals surface area contributed by atoms with Gasteiger partial charge in [-0.15, -0.1) is 0 Å². The topological polar surface area (TPSA) is 124 Å². The molecule has 7 heteroatoms. The Bertz CT molecular complexity index is 1220. The van der Waals surface area contributed by atoms with E-state index < -0.39 is 11.8 Å². The maximum absolute atomic E-state index is 13.2. The molecule has 1 aliphatic carbocycles. The van der Waals surface area contributed by atoms with E-state index in [1.807, 2.05) is 49.7 Å². The smallest absolute Gasteiger partial charge is 0.237 e. The lowest BCUT2D eigenvalue weighted by Gasteiger charge is -2.37. The van der Waals surface area contributed by atoms with Gasteiger partial charge in [0.1, 0.15) is 23.9 Å². The number of rotatable bonds is 4. The van der Waals surface area contributed by atoms with E-state index in [1.165, 1.54) is 0 Å². The molecule has 2 aromatic rings. The van der Waals surface area contributed by atoms with Crippen LogP contribution < -0.4 is 11.5 Å². The summed E-state index contributed by atoms with van der Waals surface area (Å²) in [6, 6.07) is 8.05. The van der Waals surface area contributed by atoms with Crippen molar-refractivity contribution in [1.29, 1.82) is 5.26 Å². The molecule has 7 nitrogen and oxygen atoms in total. The summed E-state index contributed by atoms with van der Waals surface area (Å²) in [6.07, 6.45) is 3.51. The number of amides is 1. The molecule has 31 heavy (non-hydrogen) atoms. The van der Waals surface area contributed by atoms with Crippen LogP contribution in [-0.2, 0) is 27.3 Å². The molecule has 1 aromatic heterocycles. The molecule has 2 aliphatic rings. The fourth-order valence-electron chi connectivity index (χ4n) is 4.87. The summed E-state index contributed by atoms with van der Waals surface area (Å²) in [6.45, 7) is 6.07. The summed E-state index contributed by atoms with van der Waals surface area (Å²) in [5.74, 6) is -0.586. The van der Waals surface area contributed by atoms with Gasteiger partial charge >= 0.3 is 0 Å². The predicted octanol–water partition coefficient (Wildman–Crippen LogP) is 3.14. The number of nitrogens with two attached hydrogens (primary N) is 2. The number of ether oxygens (including phenoxy) is 1.